The van der Waals surface area contributed by atoms with Crippen molar-refractivity contribution in [3.05, 3.63) is 76.6 Å². The smallest absolute Gasteiger partial charge is 0.416 e. The molecule has 188 valence electrons. The number of nitrogens with zero attached hydrogens (tertiary/aromatic N) is 2. The maximum Gasteiger partial charge on any atom is 0.416 e. The molecule has 9 heteroatoms. The Balaban J connectivity index is 1.67. The molecule has 2 aromatic carbocycles. The molecule has 4 aromatic rings. The molecule has 0 spiro atoms. The Bertz CT molecular complexity index is 1450. The van der Waals surface area contributed by atoms with Crippen molar-refractivity contribution in [1.29, 1.82) is 0 Å². The number of carbonyl (C=O) groups excluding carboxylic acids is 1. The molecule has 0 atom stereocenters. The van der Waals surface area contributed by atoms with Crippen LogP contribution in [-0.4, -0.2) is 22.3 Å². The molecule has 2 heterocycles. The third-order valence-corrected chi connectivity index (χ3v) is 6.50. The highest BCUT2D eigenvalue weighted by Gasteiger charge is 2.34. The first-order valence-corrected chi connectivity index (χ1v) is 11.7. The summed E-state index contributed by atoms with van der Waals surface area (Å²) in [5.74, 6) is -0.00762. The van der Waals surface area contributed by atoms with Gasteiger partial charge in [0.1, 0.15) is 18.1 Å². The van der Waals surface area contributed by atoms with Gasteiger partial charge in [-0.25, -0.2) is 4.39 Å². The molecule has 36 heavy (non-hydrogen) atoms. The molecule has 1 aliphatic rings. The van der Waals surface area contributed by atoms with E-state index in [1.165, 1.54) is 18.2 Å². The Hall–Kier alpha value is -3.62. The lowest BCUT2D eigenvalue weighted by molar-refractivity contribution is -0.143. The number of carbonyl (C=O) groups is 1. The summed E-state index contributed by atoms with van der Waals surface area (Å²) in [7, 11) is 0. The first-order valence-electron chi connectivity index (χ1n) is 11.7. The molecule has 5 rings (SSSR count). The molecule has 0 bridgehead atoms. The van der Waals surface area contributed by atoms with E-state index in [1.54, 1.807) is 30.7 Å². The van der Waals surface area contributed by atoms with Crippen LogP contribution in [0.1, 0.15) is 53.8 Å². The fraction of sp³-hybridized carbons (Fsp3) is 0.333. The first kappa shape index (κ1) is 24.1. The molecule has 0 unspecified atom stereocenters. The average Bonchev–Trinajstić information content (AvgIpc) is 3.52. The van der Waals surface area contributed by atoms with E-state index in [1.807, 2.05) is 0 Å². The quantitative estimate of drug-likeness (QED) is 0.207. The van der Waals surface area contributed by atoms with Crippen LogP contribution in [0.2, 0.25) is 0 Å². The van der Waals surface area contributed by atoms with E-state index < -0.39 is 23.5 Å². The number of ether oxygens (including phenoxy) is 1. The molecular formula is C27H24F4N2O3. The van der Waals surface area contributed by atoms with Crippen molar-refractivity contribution in [2.45, 2.75) is 51.7 Å². The van der Waals surface area contributed by atoms with E-state index in [-0.39, 0.29) is 25.5 Å². The average molecular weight is 500 g/mol. The van der Waals surface area contributed by atoms with Crippen LogP contribution >= 0.6 is 0 Å². The highest BCUT2D eigenvalue weighted by molar-refractivity contribution is 5.97. The molecular weight excluding hydrogens is 476 g/mol. The van der Waals surface area contributed by atoms with Crippen LogP contribution in [0.5, 0.6) is 0 Å². The zero-order chi connectivity index (χ0) is 25.6. The monoisotopic (exact) mass is 500 g/mol. The molecule has 0 radical (unpaired) electrons. The van der Waals surface area contributed by atoms with Crippen LogP contribution in [0.15, 0.2) is 47.1 Å². The Morgan fingerprint density at radius 3 is 2.64 bits per heavy atom. The zero-order valence-corrected chi connectivity index (χ0v) is 19.8. The van der Waals surface area contributed by atoms with E-state index in [2.05, 4.69) is 5.16 Å². The second-order valence-electron chi connectivity index (χ2n) is 9.07. The van der Waals surface area contributed by atoms with Crippen LogP contribution in [0.4, 0.5) is 17.6 Å². The maximum absolute atomic E-state index is 14.3. The number of benzene rings is 2. The van der Waals surface area contributed by atoms with E-state index in [0.29, 0.717) is 39.0 Å². The predicted molar refractivity (Wildman–Crippen MR) is 125 cm³/mol. The van der Waals surface area contributed by atoms with Crippen LogP contribution in [0.25, 0.3) is 22.0 Å². The second-order valence-corrected chi connectivity index (χ2v) is 9.07. The van der Waals surface area contributed by atoms with Crippen molar-refractivity contribution in [1.82, 2.24) is 9.72 Å². The third kappa shape index (κ3) is 4.62. The topological polar surface area (TPSA) is 57.3 Å². The molecule has 1 fully saturated rings. The molecule has 1 saturated carbocycles. The number of alkyl halides is 3. The van der Waals surface area contributed by atoms with Gasteiger partial charge in [-0.1, -0.05) is 11.2 Å². The van der Waals surface area contributed by atoms with Crippen molar-refractivity contribution < 1.29 is 31.6 Å². The standard InChI is InChI=1S/C27H24F4N2O3/c1-3-35-25(34)14-33-13-23(22-12-19(28)7-9-24(22)33)20-8-6-18(27(29,30)31)10-17(20)11-21-15(2)32-36-26(21)16-4-5-16/h6-10,12-13,16H,3-5,11,14H2,1-2H3. The van der Waals surface area contributed by atoms with Gasteiger partial charge in [0.15, 0.2) is 0 Å². The minimum atomic E-state index is -4.53. The van der Waals surface area contributed by atoms with Crippen LogP contribution in [0, 0.1) is 12.7 Å². The highest BCUT2D eigenvalue weighted by atomic mass is 19.4. The molecule has 1 aliphatic carbocycles. The van der Waals surface area contributed by atoms with Gasteiger partial charge in [0.25, 0.3) is 0 Å². The lowest BCUT2D eigenvalue weighted by atomic mass is 9.91. The predicted octanol–water partition coefficient (Wildman–Crippen LogP) is 6.79. The lowest BCUT2D eigenvalue weighted by Crippen LogP contribution is -2.12. The normalized spacial score (nSPS) is 13.9. The van der Waals surface area contributed by atoms with Crippen LogP contribution in [0.3, 0.4) is 0 Å². The van der Waals surface area contributed by atoms with Gasteiger partial charge in [0, 0.05) is 40.6 Å². The number of esters is 1. The number of rotatable bonds is 7. The van der Waals surface area contributed by atoms with Gasteiger partial charge in [0.2, 0.25) is 0 Å². The summed E-state index contributed by atoms with van der Waals surface area (Å²) in [6.45, 7) is 3.58. The summed E-state index contributed by atoms with van der Waals surface area (Å²) in [6, 6.07) is 7.72. The third-order valence-electron chi connectivity index (χ3n) is 6.50. The van der Waals surface area contributed by atoms with E-state index in [4.69, 9.17) is 9.26 Å². The van der Waals surface area contributed by atoms with E-state index in [0.717, 1.165) is 30.5 Å². The number of fused-ring (bicyclic) bond motifs is 1. The summed E-state index contributed by atoms with van der Waals surface area (Å²) in [5, 5.41) is 4.55. The number of hydrogen-bond donors (Lipinski definition) is 0. The van der Waals surface area contributed by atoms with Gasteiger partial charge in [0.05, 0.1) is 17.9 Å². The van der Waals surface area contributed by atoms with Crippen molar-refractivity contribution in [3.63, 3.8) is 0 Å². The zero-order valence-electron chi connectivity index (χ0n) is 19.8. The Morgan fingerprint density at radius 2 is 1.94 bits per heavy atom. The Labute approximate surface area is 204 Å². The molecule has 0 amide bonds. The summed E-state index contributed by atoms with van der Waals surface area (Å²) < 4.78 is 67.5. The summed E-state index contributed by atoms with van der Waals surface area (Å²) >= 11 is 0. The lowest BCUT2D eigenvalue weighted by Gasteiger charge is -2.14. The van der Waals surface area contributed by atoms with Crippen LogP contribution < -0.4 is 0 Å². The van der Waals surface area contributed by atoms with Gasteiger partial charge in [-0.15, -0.1) is 0 Å². The summed E-state index contributed by atoms with van der Waals surface area (Å²) in [6.07, 6.45) is -0.772. The van der Waals surface area contributed by atoms with E-state index in [9.17, 15) is 22.4 Å². The van der Waals surface area contributed by atoms with Crippen molar-refractivity contribution >= 4 is 16.9 Å². The largest absolute Gasteiger partial charge is 0.465 e. The number of aromatic nitrogens is 2. The van der Waals surface area contributed by atoms with Crippen molar-refractivity contribution in [2.75, 3.05) is 6.61 Å². The minimum absolute atomic E-state index is 0.109. The van der Waals surface area contributed by atoms with Crippen molar-refractivity contribution in [3.8, 4) is 11.1 Å². The SMILES string of the molecule is CCOC(=O)Cn1cc(-c2ccc(C(F)(F)F)cc2Cc2c(C)noc2C2CC2)c2cc(F)ccc21. The van der Waals surface area contributed by atoms with Crippen LogP contribution in [-0.2, 0) is 28.7 Å². The molecule has 5 nitrogen and oxygen atoms in total. The molecule has 0 N–H and O–H groups in total. The fourth-order valence-corrected chi connectivity index (χ4v) is 4.62. The second kappa shape index (κ2) is 9.11. The van der Waals surface area contributed by atoms with Gasteiger partial charge < -0.3 is 13.8 Å². The maximum atomic E-state index is 14.3. The van der Waals surface area contributed by atoms with E-state index >= 15 is 0 Å². The van der Waals surface area contributed by atoms with Gasteiger partial charge in [-0.3, -0.25) is 4.79 Å². The van der Waals surface area contributed by atoms with Gasteiger partial charge in [-0.05, 0) is 68.1 Å². The number of hydrogen-bond acceptors (Lipinski definition) is 4. The van der Waals surface area contributed by atoms with Gasteiger partial charge >= 0.3 is 12.1 Å². The Morgan fingerprint density at radius 1 is 1.17 bits per heavy atom. The first-order chi connectivity index (χ1) is 17.2. The molecule has 0 saturated heterocycles. The summed E-state index contributed by atoms with van der Waals surface area (Å²) in [5.41, 5.74) is 2.67. The highest BCUT2D eigenvalue weighted by Crippen LogP contribution is 2.44. The molecule has 0 aliphatic heterocycles. The fourth-order valence-electron chi connectivity index (χ4n) is 4.62. The Kier molecular flexibility index (Phi) is 6.10. The van der Waals surface area contributed by atoms with Crippen molar-refractivity contribution in [2.24, 2.45) is 0 Å². The number of halogens is 4. The number of aryl methyl sites for hydroxylation is 1. The van der Waals surface area contributed by atoms with Gasteiger partial charge in [-0.2, -0.15) is 13.2 Å². The molecule has 2 aromatic heterocycles. The summed E-state index contributed by atoms with van der Waals surface area (Å²) in [4.78, 5) is 12.2. The minimum Gasteiger partial charge on any atom is -0.465 e.